The Morgan fingerprint density at radius 3 is 2.41 bits per heavy atom. The Hall–Kier alpha value is -2.23. The zero-order valence-electron chi connectivity index (χ0n) is 20.5. The van der Waals surface area contributed by atoms with E-state index in [0.29, 0.717) is 5.69 Å². The number of hydrogen-bond donors (Lipinski definition) is 2. The Kier molecular flexibility index (Phi) is 7.32. The predicted molar refractivity (Wildman–Crippen MR) is 133 cm³/mol. The van der Waals surface area contributed by atoms with E-state index >= 15 is 0 Å². The minimum absolute atomic E-state index is 0.0978. The number of rotatable bonds is 6. The average molecular weight is 470 g/mol. The van der Waals surface area contributed by atoms with Crippen LogP contribution in [0.3, 0.4) is 0 Å². The van der Waals surface area contributed by atoms with Gasteiger partial charge in [-0.15, -0.1) is 0 Å². The van der Waals surface area contributed by atoms with E-state index in [2.05, 4.69) is 25.1 Å². The Morgan fingerprint density at radius 1 is 1.00 bits per heavy atom. The average Bonchev–Trinajstić information content (AvgIpc) is 3.29. The van der Waals surface area contributed by atoms with E-state index in [4.69, 9.17) is 4.98 Å². The molecular formula is C25H39N7O2. The third-order valence-corrected chi connectivity index (χ3v) is 7.72. The lowest BCUT2D eigenvalue weighted by molar-refractivity contribution is 0.0903. The summed E-state index contributed by atoms with van der Waals surface area (Å²) < 4.78 is 1.74. The molecule has 3 fully saturated rings. The molecule has 0 saturated carbocycles. The number of amides is 1. The number of carbonyl (C=O) groups is 1. The number of fused-ring (bicyclic) bond motifs is 1. The molecule has 2 N–H and O–H groups in total. The third-order valence-electron chi connectivity index (χ3n) is 7.72. The summed E-state index contributed by atoms with van der Waals surface area (Å²) in [6.07, 6.45) is 7.64. The van der Waals surface area contributed by atoms with Crippen LogP contribution in [-0.4, -0.2) is 100 Å². The van der Waals surface area contributed by atoms with Crippen LogP contribution in [0.4, 0.5) is 5.82 Å². The molecule has 0 spiro atoms. The van der Waals surface area contributed by atoms with Crippen molar-refractivity contribution < 1.29 is 9.90 Å². The summed E-state index contributed by atoms with van der Waals surface area (Å²) in [7, 11) is 1.87. The molecule has 3 saturated heterocycles. The molecule has 1 unspecified atom stereocenters. The van der Waals surface area contributed by atoms with Gasteiger partial charge in [-0.25, -0.2) is 9.67 Å². The third kappa shape index (κ3) is 5.37. The summed E-state index contributed by atoms with van der Waals surface area (Å²) in [6.45, 7) is 7.92. The van der Waals surface area contributed by atoms with Crippen LogP contribution in [0.15, 0.2) is 12.1 Å². The van der Waals surface area contributed by atoms with Crippen LogP contribution < -0.4 is 10.2 Å². The number of carbonyl (C=O) groups excluding carboxylic acids is 1. The SMILES string of the molecule is Cn1nc(C(=O)NC2CCN(CCN3CCC(O)C3)CC2)c2ccc(N3CCCCCC3)nc21. The fourth-order valence-electron chi connectivity index (χ4n) is 5.62. The molecule has 0 aliphatic carbocycles. The van der Waals surface area contributed by atoms with Crippen molar-refractivity contribution in [1.29, 1.82) is 0 Å². The van der Waals surface area contributed by atoms with E-state index in [1.807, 2.05) is 19.2 Å². The van der Waals surface area contributed by atoms with Gasteiger partial charge in [0.15, 0.2) is 11.3 Å². The van der Waals surface area contributed by atoms with Crippen molar-refractivity contribution in [2.45, 2.75) is 57.1 Å². The van der Waals surface area contributed by atoms with E-state index in [9.17, 15) is 9.90 Å². The van der Waals surface area contributed by atoms with Crippen LogP contribution in [-0.2, 0) is 7.05 Å². The maximum atomic E-state index is 13.1. The van der Waals surface area contributed by atoms with Crippen molar-refractivity contribution in [3.8, 4) is 0 Å². The number of pyridine rings is 1. The van der Waals surface area contributed by atoms with Crippen LogP contribution in [0.1, 0.15) is 55.4 Å². The molecule has 3 aliphatic heterocycles. The van der Waals surface area contributed by atoms with Crippen LogP contribution >= 0.6 is 0 Å². The fourth-order valence-corrected chi connectivity index (χ4v) is 5.62. The number of aryl methyl sites for hydroxylation is 1. The highest BCUT2D eigenvalue weighted by Crippen LogP contribution is 2.23. The van der Waals surface area contributed by atoms with Crippen molar-refractivity contribution in [3.05, 3.63) is 17.8 Å². The molecule has 0 radical (unpaired) electrons. The standard InChI is InChI=1S/C25H39N7O2/c1-29-24-21(6-7-22(27-24)32-11-4-2-3-5-12-32)23(28-29)25(34)26-19-8-13-30(14-9-19)16-17-31-15-10-20(33)18-31/h6-7,19-20,33H,2-5,8-18H2,1H3,(H,26,34). The quantitative estimate of drug-likeness (QED) is 0.664. The van der Waals surface area contributed by atoms with Crippen molar-refractivity contribution in [2.24, 2.45) is 7.05 Å². The molecule has 1 atom stereocenters. The zero-order valence-corrected chi connectivity index (χ0v) is 20.5. The molecule has 9 nitrogen and oxygen atoms in total. The van der Waals surface area contributed by atoms with Gasteiger partial charge >= 0.3 is 0 Å². The maximum Gasteiger partial charge on any atom is 0.272 e. The lowest BCUT2D eigenvalue weighted by atomic mass is 10.0. The Morgan fingerprint density at radius 2 is 1.71 bits per heavy atom. The summed E-state index contributed by atoms with van der Waals surface area (Å²) in [5, 5.41) is 18.3. The van der Waals surface area contributed by atoms with E-state index in [1.54, 1.807) is 4.68 Å². The minimum atomic E-state index is -0.153. The van der Waals surface area contributed by atoms with Gasteiger partial charge in [-0.05, 0) is 44.2 Å². The normalized spacial score (nSPS) is 23.5. The first-order chi connectivity index (χ1) is 16.6. The van der Waals surface area contributed by atoms with Crippen LogP contribution in [0.5, 0.6) is 0 Å². The number of aliphatic hydroxyl groups excluding tert-OH is 1. The van der Waals surface area contributed by atoms with Gasteiger partial charge in [0.2, 0.25) is 0 Å². The zero-order chi connectivity index (χ0) is 23.5. The number of aliphatic hydroxyl groups is 1. The van der Waals surface area contributed by atoms with Crippen molar-refractivity contribution >= 4 is 22.8 Å². The molecule has 9 heteroatoms. The number of piperidine rings is 1. The first kappa shape index (κ1) is 23.5. The topological polar surface area (TPSA) is 89.8 Å². The lowest BCUT2D eigenvalue weighted by Crippen LogP contribution is -2.46. The molecule has 3 aliphatic rings. The van der Waals surface area contributed by atoms with Crippen LogP contribution in [0.2, 0.25) is 0 Å². The van der Waals surface area contributed by atoms with E-state index in [1.165, 1.54) is 25.7 Å². The fraction of sp³-hybridized carbons (Fsp3) is 0.720. The number of likely N-dealkylation sites (tertiary alicyclic amines) is 2. The second kappa shape index (κ2) is 10.6. The summed E-state index contributed by atoms with van der Waals surface area (Å²) in [5.74, 6) is 0.889. The number of nitrogens with zero attached hydrogens (tertiary/aromatic N) is 6. The first-order valence-corrected chi connectivity index (χ1v) is 13.1. The predicted octanol–water partition coefficient (Wildman–Crippen LogP) is 1.61. The smallest absolute Gasteiger partial charge is 0.272 e. The Bertz CT molecular complexity index is 977. The second-order valence-electron chi connectivity index (χ2n) is 10.2. The second-order valence-corrected chi connectivity index (χ2v) is 10.2. The summed E-state index contributed by atoms with van der Waals surface area (Å²) >= 11 is 0. The largest absolute Gasteiger partial charge is 0.392 e. The van der Waals surface area contributed by atoms with E-state index < -0.39 is 0 Å². The summed E-state index contributed by atoms with van der Waals surface area (Å²) in [6, 6.07) is 4.24. The minimum Gasteiger partial charge on any atom is -0.392 e. The molecule has 34 heavy (non-hydrogen) atoms. The number of β-amino-alcohol motifs (C(OH)–C–C–N with tert-alkyl or cyclic N) is 1. The van der Waals surface area contributed by atoms with Gasteiger partial charge in [-0.2, -0.15) is 5.10 Å². The van der Waals surface area contributed by atoms with Gasteiger partial charge in [0.1, 0.15) is 5.82 Å². The van der Waals surface area contributed by atoms with Crippen LogP contribution in [0, 0.1) is 0 Å². The molecule has 186 valence electrons. The number of aromatic nitrogens is 3. The molecule has 5 rings (SSSR count). The van der Waals surface area contributed by atoms with Gasteiger partial charge in [-0.3, -0.25) is 9.69 Å². The highest BCUT2D eigenvalue weighted by molar-refractivity contribution is 6.04. The molecule has 2 aromatic heterocycles. The maximum absolute atomic E-state index is 13.1. The van der Waals surface area contributed by atoms with Gasteiger partial charge in [0, 0.05) is 65.4 Å². The molecule has 0 aromatic carbocycles. The number of anilines is 1. The van der Waals surface area contributed by atoms with E-state index in [0.717, 1.165) is 88.5 Å². The Balaban J connectivity index is 1.16. The van der Waals surface area contributed by atoms with Gasteiger partial charge in [0.05, 0.1) is 11.5 Å². The van der Waals surface area contributed by atoms with E-state index in [-0.39, 0.29) is 18.1 Å². The highest BCUT2D eigenvalue weighted by Gasteiger charge is 2.26. The monoisotopic (exact) mass is 469 g/mol. The van der Waals surface area contributed by atoms with Gasteiger partial charge in [-0.1, -0.05) is 12.8 Å². The summed E-state index contributed by atoms with van der Waals surface area (Å²) in [4.78, 5) is 25.2. The highest BCUT2D eigenvalue weighted by atomic mass is 16.3. The molecule has 1 amide bonds. The van der Waals surface area contributed by atoms with Gasteiger partial charge < -0.3 is 20.2 Å². The first-order valence-electron chi connectivity index (χ1n) is 13.1. The Labute approximate surface area is 202 Å². The molecule has 5 heterocycles. The number of nitrogens with one attached hydrogen (secondary N) is 1. The van der Waals surface area contributed by atoms with Gasteiger partial charge in [0.25, 0.3) is 5.91 Å². The molecular weight excluding hydrogens is 430 g/mol. The molecule has 0 bridgehead atoms. The molecule has 2 aromatic rings. The number of hydrogen-bond acceptors (Lipinski definition) is 7. The van der Waals surface area contributed by atoms with Crippen molar-refractivity contribution in [3.63, 3.8) is 0 Å². The lowest BCUT2D eigenvalue weighted by Gasteiger charge is -2.33. The van der Waals surface area contributed by atoms with Crippen LogP contribution in [0.25, 0.3) is 11.0 Å². The van der Waals surface area contributed by atoms with Crippen molar-refractivity contribution in [2.75, 3.05) is 57.3 Å². The van der Waals surface area contributed by atoms with Crippen molar-refractivity contribution in [1.82, 2.24) is 29.9 Å². The summed E-state index contributed by atoms with van der Waals surface area (Å²) in [5.41, 5.74) is 1.25.